The summed E-state index contributed by atoms with van der Waals surface area (Å²) in [5.74, 6) is 2.25. The lowest BCUT2D eigenvalue weighted by Gasteiger charge is -2.11. The number of nitrogens with zero attached hydrogens (tertiary/aromatic N) is 2. The molecule has 0 fully saturated rings. The smallest absolute Gasteiger partial charge is 0.224 e. The Labute approximate surface area is 179 Å². The van der Waals surface area contributed by atoms with Gasteiger partial charge in [0.1, 0.15) is 11.6 Å². The average molecular weight is 412 g/mol. The molecule has 7 nitrogen and oxygen atoms in total. The average Bonchev–Trinajstić information content (AvgIpc) is 3.42. The highest BCUT2D eigenvalue weighted by molar-refractivity contribution is 5.85. The highest BCUT2D eigenvalue weighted by Gasteiger charge is 2.08. The fourth-order valence-electron chi connectivity index (χ4n) is 3.72. The molecule has 3 heterocycles. The fourth-order valence-corrected chi connectivity index (χ4v) is 3.72. The lowest BCUT2D eigenvalue weighted by atomic mass is 10.1. The van der Waals surface area contributed by atoms with Crippen LogP contribution in [0.1, 0.15) is 11.1 Å². The first-order valence-electron chi connectivity index (χ1n) is 10.3. The highest BCUT2D eigenvalue weighted by Crippen LogP contribution is 2.25. The number of ether oxygens (including phenoxy) is 1. The third kappa shape index (κ3) is 3.90. The number of hydrogen-bond donors (Lipinski definition) is 4. The minimum absolute atomic E-state index is 0.603. The second-order valence-corrected chi connectivity index (χ2v) is 7.53. The number of aromatic nitrogens is 4. The van der Waals surface area contributed by atoms with E-state index < -0.39 is 0 Å². The van der Waals surface area contributed by atoms with Crippen LogP contribution in [-0.2, 0) is 6.42 Å². The maximum absolute atomic E-state index is 5.35. The van der Waals surface area contributed by atoms with E-state index in [0.717, 1.165) is 46.8 Å². The van der Waals surface area contributed by atoms with Crippen LogP contribution in [0.2, 0.25) is 0 Å². The van der Waals surface area contributed by atoms with E-state index in [2.05, 4.69) is 60.9 Å². The molecule has 0 radical (unpaired) electrons. The largest absolute Gasteiger partial charge is 0.497 e. The van der Waals surface area contributed by atoms with Crippen LogP contribution in [0, 0.1) is 6.92 Å². The van der Waals surface area contributed by atoms with Gasteiger partial charge in [-0.25, -0.2) is 4.98 Å². The monoisotopic (exact) mass is 412 g/mol. The molecule has 0 aliphatic heterocycles. The number of nitrogens with one attached hydrogen (secondary N) is 4. The molecule has 4 N–H and O–H groups in total. The molecule has 0 unspecified atom stereocenters. The number of anilines is 3. The quantitative estimate of drug-likeness (QED) is 0.297. The van der Waals surface area contributed by atoms with Crippen LogP contribution < -0.4 is 15.4 Å². The van der Waals surface area contributed by atoms with Gasteiger partial charge < -0.3 is 25.3 Å². The van der Waals surface area contributed by atoms with Crippen molar-refractivity contribution in [2.24, 2.45) is 0 Å². The molecule has 0 atom stereocenters. The Kier molecular flexibility index (Phi) is 4.92. The third-order valence-electron chi connectivity index (χ3n) is 5.44. The Morgan fingerprint density at radius 3 is 2.87 bits per heavy atom. The van der Waals surface area contributed by atoms with E-state index in [0.29, 0.717) is 5.95 Å². The molecule has 7 heteroatoms. The van der Waals surface area contributed by atoms with Crippen LogP contribution in [0.15, 0.2) is 61.1 Å². The zero-order valence-corrected chi connectivity index (χ0v) is 17.5. The van der Waals surface area contributed by atoms with E-state index in [1.54, 1.807) is 7.11 Å². The standard InChI is InChI=1S/C24H24N6O/c1-15-13-28-24(30-23(15)29-18-4-3-16-7-9-25-22(16)11-18)26-10-8-17-14-27-21-6-5-19(31-2)12-20(17)21/h3-7,9,11-14,25,27H,8,10H2,1-2H3,(H2,26,28,29,30). The summed E-state index contributed by atoms with van der Waals surface area (Å²) in [5, 5.41) is 9.10. The molecular weight excluding hydrogens is 388 g/mol. The van der Waals surface area contributed by atoms with E-state index in [1.807, 2.05) is 37.6 Å². The van der Waals surface area contributed by atoms with Gasteiger partial charge in [0.05, 0.1) is 7.11 Å². The first-order valence-corrected chi connectivity index (χ1v) is 10.3. The summed E-state index contributed by atoms with van der Waals surface area (Å²) in [5.41, 5.74) is 5.39. The zero-order valence-electron chi connectivity index (χ0n) is 17.5. The normalized spacial score (nSPS) is 11.2. The second kappa shape index (κ2) is 8.02. The van der Waals surface area contributed by atoms with Crippen LogP contribution in [-0.4, -0.2) is 33.6 Å². The van der Waals surface area contributed by atoms with Gasteiger partial charge in [0.25, 0.3) is 0 Å². The minimum atomic E-state index is 0.603. The molecule has 2 aromatic carbocycles. The predicted octanol–water partition coefficient (Wildman–Crippen LogP) is 5.15. The van der Waals surface area contributed by atoms with Crippen LogP contribution in [0.25, 0.3) is 21.8 Å². The minimum Gasteiger partial charge on any atom is -0.497 e. The topological polar surface area (TPSA) is 90.6 Å². The van der Waals surface area contributed by atoms with Crippen molar-refractivity contribution in [1.82, 2.24) is 19.9 Å². The summed E-state index contributed by atoms with van der Waals surface area (Å²) < 4.78 is 5.35. The van der Waals surface area contributed by atoms with Crippen LogP contribution in [0.3, 0.4) is 0 Å². The molecule has 5 aromatic rings. The molecule has 0 aliphatic rings. The molecule has 31 heavy (non-hydrogen) atoms. The summed E-state index contributed by atoms with van der Waals surface area (Å²) in [6, 6.07) is 14.3. The van der Waals surface area contributed by atoms with Gasteiger partial charge in [-0.15, -0.1) is 0 Å². The third-order valence-corrected chi connectivity index (χ3v) is 5.44. The molecule has 156 valence electrons. The van der Waals surface area contributed by atoms with E-state index >= 15 is 0 Å². The van der Waals surface area contributed by atoms with Gasteiger partial charge in [0.15, 0.2) is 0 Å². The Hall–Kier alpha value is -4.00. The molecule has 0 saturated carbocycles. The van der Waals surface area contributed by atoms with E-state index in [1.165, 1.54) is 16.3 Å². The zero-order chi connectivity index (χ0) is 21.2. The summed E-state index contributed by atoms with van der Waals surface area (Å²) in [6.45, 7) is 2.72. The van der Waals surface area contributed by atoms with Crippen molar-refractivity contribution in [1.29, 1.82) is 0 Å². The summed E-state index contributed by atoms with van der Waals surface area (Å²) in [6.07, 6.45) is 6.67. The lowest BCUT2D eigenvalue weighted by molar-refractivity contribution is 0.415. The van der Waals surface area contributed by atoms with Gasteiger partial charge in [-0.3, -0.25) is 0 Å². The summed E-state index contributed by atoms with van der Waals surface area (Å²) in [4.78, 5) is 15.7. The van der Waals surface area contributed by atoms with Crippen molar-refractivity contribution >= 4 is 39.3 Å². The Bertz CT molecular complexity index is 1350. The van der Waals surface area contributed by atoms with Crippen molar-refractivity contribution in [3.63, 3.8) is 0 Å². The van der Waals surface area contributed by atoms with Crippen molar-refractivity contribution in [3.8, 4) is 5.75 Å². The number of rotatable bonds is 7. The van der Waals surface area contributed by atoms with Crippen LogP contribution in [0.5, 0.6) is 5.75 Å². The van der Waals surface area contributed by atoms with Gasteiger partial charge in [-0.1, -0.05) is 6.07 Å². The maximum atomic E-state index is 5.35. The first kappa shape index (κ1) is 19.0. The lowest BCUT2D eigenvalue weighted by Crippen LogP contribution is -2.09. The van der Waals surface area contributed by atoms with Crippen molar-refractivity contribution in [3.05, 3.63) is 72.2 Å². The molecule has 3 aromatic heterocycles. The van der Waals surface area contributed by atoms with Gasteiger partial charge in [0, 0.05) is 52.8 Å². The van der Waals surface area contributed by atoms with E-state index in [4.69, 9.17) is 4.74 Å². The number of aromatic amines is 2. The second-order valence-electron chi connectivity index (χ2n) is 7.53. The highest BCUT2D eigenvalue weighted by atomic mass is 16.5. The number of methoxy groups -OCH3 is 1. The number of hydrogen-bond acceptors (Lipinski definition) is 5. The summed E-state index contributed by atoms with van der Waals surface area (Å²) >= 11 is 0. The van der Waals surface area contributed by atoms with Gasteiger partial charge >= 0.3 is 0 Å². The van der Waals surface area contributed by atoms with Crippen LogP contribution in [0.4, 0.5) is 17.5 Å². The van der Waals surface area contributed by atoms with E-state index in [-0.39, 0.29) is 0 Å². The van der Waals surface area contributed by atoms with Gasteiger partial charge in [-0.05, 0) is 60.7 Å². The number of fused-ring (bicyclic) bond motifs is 2. The Morgan fingerprint density at radius 1 is 1.03 bits per heavy atom. The molecular formula is C24H24N6O. The number of aryl methyl sites for hydroxylation is 1. The van der Waals surface area contributed by atoms with E-state index in [9.17, 15) is 0 Å². The first-order chi connectivity index (χ1) is 15.2. The van der Waals surface area contributed by atoms with Crippen molar-refractivity contribution < 1.29 is 4.74 Å². The summed E-state index contributed by atoms with van der Waals surface area (Å²) in [7, 11) is 1.69. The van der Waals surface area contributed by atoms with Crippen LogP contribution >= 0.6 is 0 Å². The molecule has 0 bridgehead atoms. The molecule has 5 rings (SSSR count). The molecule has 0 spiro atoms. The molecule has 0 aliphatic carbocycles. The van der Waals surface area contributed by atoms with Crippen molar-refractivity contribution in [2.75, 3.05) is 24.3 Å². The predicted molar refractivity (Wildman–Crippen MR) is 125 cm³/mol. The Balaban J connectivity index is 1.28. The molecule has 0 amide bonds. The van der Waals surface area contributed by atoms with Gasteiger partial charge in [0.2, 0.25) is 5.95 Å². The fraction of sp³-hybridized carbons (Fsp3) is 0.167. The molecule has 0 saturated heterocycles. The maximum Gasteiger partial charge on any atom is 0.224 e. The SMILES string of the molecule is COc1ccc2[nH]cc(CCNc3ncc(C)c(Nc4ccc5cc[nH]c5c4)n3)c2c1. The van der Waals surface area contributed by atoms with Gasteiger partial charge in [-0.2, -0.15) is 4.98 Å². The Morgan fingerprint density at radius 2 is 1.97 bits per heavy atom. The van der Waals surface area contributed by atoms with Crippen molar-refractivity contribution in [2.45, 2.75) is 13.3 Å². The number of benzene rings is 2. The number of H-pyrrole nitrogens is 2.